The summed E-state index contributed by atoms with van der Waals surface area (Å²) in [5.41, 5.74) is 1.02. The van der Waals surface area contributed by atoms with Gasteiger partial charge in [0, 0.05) is 49.0 Å². The SMILES string of the molecule is COc1ccc(S(=O)(=O)N(CC(=O)N2CCN(c3cccc(Cl)c3)CC2)C2CCCCC2)cc1OC. The van der Waals surface area contributed by atoms with Crippen molar-refractivity contribution in [3.8, 4) is 11.5 Å². The molecule has 0 bridgehead atoms. The first-order valence-electron chi connectivity index (χ1n) is 12.4. The largest absolute Gasteiger partial charge is 0.493 e. The van der Waals surface area contributed by atoms with Crippen molar-refractivity contribution in [1.29, 1.82) is 0 Å². The molecular weight excluding hydrogens is 502 g/mol. The highest BCUT2D eigenvalue weighted by Gasteiger charge is 2.36. The second kappa shape index (κ2) is 11.7. The second-order valence-electron chi connectivity index (χ2n) is 9.21. The Morgan fingerprint density at radius 3 is 2.31 bits per heavy atom. The average Bonchev–Trinajstić information content (AvgIpc) is 2.91. The molecule has 10 heteroatoms. The number of hydrogen-bond acceptors (Lipinski definition) is 6. The summed E-state index contributed by atoms with van der Waals surface area (Å²) in [6.07, 6.45) is 4.50. The lowest BCUT2D eigenvalue weighted by Gasteiger charge is -2.38. The van der Waals surface area contributed by atoms with Gasteiger partial charge in [-0.2, -0.15) is 4.31 Å². The number of hydrogen-bond donors (Lipinski definition) is 0. The summed E-state index contributed by atoms with van der Waals surface area (Å²) in [5.74, 6) is 0.621. The Bertz CT molecular complexity index is 1160. The van der Waals surface area contributed by atoms with Crippen LogP contribution in [0.4, 0.5) is 5.69 Å². The number of rotatable bonds is 8. The van der Waals surface area contributed by atoms with Crippen LogP contribution in [0.3, 0.4) is 0 Å². The zero-order valence-corrected chi connectivity index (χ0v) is 22.4. The van der Waals surface area contributed by atoms with Gasteiger partial charge in [0.25, 0.3) is 0 Å². The molecule has 2 aromatic rings. The van der Waals surface area contributed by atoms with Crippen LogP contribution < -0.4 is 14.4 Å². The highest BCUT2D eigenvalue weighted by Crippen LogP contribution is 2.33. The van der Waals surface area contributed by atoms with Gasteiger partial charge in [0.05, 0.1) is 25.7 Å². The summed E-state index contributed by atoms with van der Waals surface area (Å²) in [7, 11) is -0.948. The van der Waals surface area contributed by atoms with Gasteiger partial charge in [0.15, 0.2) is 11.5 Å². The van der Waals surface area contributed by atoms with Gasteiger partial charge in [-0.05, 0) is 43.2 Å². The number of nitrogens with zero attached hydrogens (tertiary/aromatic N) is 3. The lowest BCUT2D eigenvalue weighted by molar-refractivity contribution is -0.132. The molecule has 0 atom stereocenters. The van der Waals surface area contributed by atoms with E-state index in [-0.39, 0.29) is 23.4 Å². The monoisotopic (exact) mass is 535 g/mol. The molecule has 1 heterocycles. The van der Waals surface area contributed by atoms with Crippen molar-refractivity contribution >= 4 is 33.2 Å². The molecule has 1 aliphatic carbocycles. The molecule has 196 valence electrons. The number of benzene rings is 2. The van der Waals surface area contributed by atoms with Crippen molar-refractivity contribution < 1.29 is 22.7 Å². The lowest BCUT2D eigenvalue weighted by atomic mass is 9.95. The van der Waals surface area contributed by atoms with Crippen LogP contribution in [0.2, 0.25) is 5.02 Å². The molecular formula is C26H34ClN3O5S. The van der Waals surface area contributed by atoms with E-state index in [1.54, 1.807) is 11.0 Å². The van der Waals surface area contributed by atoms with Crippen molar-refractivity contribution in [3.63, 3.8) is 0 Å². The molecule has 1 saturated carbocycles. The van der Waals surface area contributed by atoms with Gasteiger partial charge >= 0.3 is 0 Å². The van der Waals surface area contributed by atoms with Crippen LogP contribution in [0.15, 0.2) is 47.4 Å². The molecule has 0 spiro atoms. The Hall–Kier alpha value is -2.49. The van der Waals surface area contributed by atoms with Crippen molar-refractivity contribution in [2.24, 2.45) is 0 Å². The maximum absolute atomic E-state index is 13.8. The van der Waals surface area contributed by atoms with Crippen LogP contribution in [-0.2, 0) is 14.8 Å². The van der Waals surface area contributed by atoms with Crippen LogP contribution >= 0.6 is 11.6 Å². The minimum absolute atomic E-state index is 0.101. The second-order valence-corrected chi connectivity index (χ2v) is 11.5. The Labute approximate surface area is 218 Å². The first-order valence-corrected chi connectivity index (χ1v) is 14.2. The molecule has 0 unspecified atom stereocenters. The molecule has 2 aliphatic rings. The predicted molar refractivity (Wildman–Crippen MR) is 141 cm³/mol. The predicted octanol–water partition coefficient (Wildman–Crippen LogP) is 4.03. The zero-order valence-electron chi connectivity index (χ0n) is 20.9. The third-order valence-electron chi connectivity index (χ3n) is 7.04. The standard InChI is InChI=1S/C26H34ClN3O5S/c1-34-24-12-11-23(18-25(24)35-2)36(32,33)30(21-8-4-3-5-9-21)19-26(31)29-15-13-28(14-16-29)22-10-6-7-20(27)17-22/h6-7,10-12,17-18,21H,3-5,8-9,13-16,19H2,1-2H3. The van der Waals surface area contributed by atoms with E-state index in [1.165, 1.54) is 30.7 Å². The van der Waals surface area contributed by atoms with Gasteiger partial charge in [0.2, 0.25) is 15.9 Å². The summed E-state index contributed by atoms with van der Waals surface area (Å²) in [5, 5.41) is 0.675. The third kappa shape index (κ3) is 5.90. The first-order chi connectivity index (χ1) is 17.3. The average molecular weight is 536 g/mol. The summed E-state index contributed by atoms with van der Waals surface area (Å²) >= 11 is 6.14. The quantitative estimate of drug-likeness (QED) is 0.508. The maximum Gasteiger partial charge on any atom is 0.243 e. The molecule has 8 nitrogen and oxygen atoms in total. The fourth-order valence-electron chi connectivity index (χ4n) is 5.01. The van der Waals surface area contributed by atoms with Gasteiger partial charge in [0.1, 0.15) is 0 Å². The Kier molecular flexibility index (Phi) is 8.64. The number of carbonyl (C=O) groups is 1. The van der Waals surface area contributed by atoms with Crippen LogP contribution in [0, 0.1) is 0 Å². The number of anilines is 1. The fraction of sp³-hybridized carbons (Fsp3) is 0.500. The normalized spacial score (nSPS) is 17.3. The van der Waals surface area contributed by atoms with Crippen LogP contribution in [0.5, 0.6) is 11.5 Å². The summed E-state index contributed by atoms with van der Waals surface area (Å²) < 4.78 is 39.7. The number of piperazine rings is 1. The number of methoxy groups -OCH3 is 2. The Morgan fingerprint density at radius 2 is 1.67 bits per heavy atom. The molecule has 1 saturated heterocycles. The number of sulfonamides is 1. The molecule has 36 heavy (non-hydrogen) atoms. The van der Waals surface area contributed by atoms with Crippen molar-refractivity contribution in [2.75, 3.05) is 51.8 Å². The molecule has 0 radical (unpaired) electrons. The van der Waals surface area contributed by atoms with Gasteiger partial charge < -0.3 is 19.3 Å². The number of amides is 1. The van der Waals surface area contributed by atoms with E-state index in [0.717, 1.165) is 37.8 Å². The molecule has 1 amide bonds. The van der Waals surface area contributed by atoms with Crippen molar-refractivity contribution in [2.45, 2.75) is 43.0 Å². The van der Waals surface area contributed by atoms with E-state index in [9.17, 15) is 13.2 Å². The summed E-state index contributed by atoms with van der Waals surface area (Å²) in [6.45, 7) is 2.22. The Balaban J connectivity index is 1.51. The lowest BCUT2D eigenvalue weighted by Crippen LogP contribution is -2.53. The molecule has 2 aromatic carbocycles. The van der Waals surface area contributed by atoms with Crippen molar-refractivity contribution in [3.05, 3.63) is 47.5 Å². The summed E-state index contributed by atoms with van der Waals surface area (Å²) in [6, 6.07) is 12.0. The van der Waals surface area contributed by atoms with Crippen LogP contribution in [0.1, 0.15) is 32.1 Å². The number of ether oxygens (including phenoxy) is 2. The zero-order chi connectivity index (χ0) is 25.7. The van der Waals surface area contributed by atoms with Crippen LogP contribution in [-0.4, -0.2) is 76.5 Å². The smallest absolute Gasteiger partial charge is 0.243 e. The molecule has 0 aromatic heterocycles. The number of halogens is 1. The Morgan fingerprint density at radius 1 is 0.972 bits per heavy atom. The maximum atomic E-state index is 13.8. The number of carbonyl (C=O) groups excluding carboxylic acids is 1. The van der Waals surface area contributed by atoms with Crippen molar-refractivity contribution in [1.82, 2.24) is 9.21 Å². The highest BCUT2D eigenvalue weighted by atomic mass is 35.5. The first kappa shape index (κ1) is 26.6. The minimum atomic E-state index is -3.93. The topological polar surface area (TPSA) is 79.4 Å². The van der Waals surface area contributed by atoms with Crippen LogP contribution in [0.25, 0.3) is 0 Å². The molecule has 2 fully saturated rings. The highest BCUT2D eigenvalue weighted by molar-refractivity contribution is 7.89. The van der Waals surface area contributed by atoms with E-state index in [4.69, 9.17) is 21.1 Å². The summed E-state index contributed by atoms with van der Waals surface area (Å²) in [4.78, 5) is 17.4. The van der Waals surface area contributed by atoms with Gasteiger partial charge in [-0.15, -0.1) is 0 Å². The minimum Gasteiger partial charge on any atom is -0.493 e. The third-order valence-corrected chi connectivity index (χ3v) is 9.17. The molecule has 1 aliphatic heterocycles. The van der Waals surface area contributed by atoms with E-state index in [2.05, 4.69) is 4.90 Å². The van der Waals surface area contributed by atoms with Gasteiger partial charge in [-0.25, -0.2) is 8.42 Å². The van der Waals surface area contributed by atoms with E-state index >= 15 is 0 Å². The fourth-order valence-corrected chi connectivity index (χ4v) is 6.85. The van der Waals surface area contributed by atoms with E-state index in [1.807, 2.05) is 24.3 Å². The molecule has 0 N–H and O–H groups in total. The van der Waals surface area contributed by atoms with Gasteiger partial charge in [-0.3, -0.25) is 4.79 Å². The van der Waals surface area contributed by atoms with E-state index < -0.39 is 10.0 Å². The van der Waals surface area contributed by atoms with E-state index in [0.29, 0.717) is 42.7 Å². The van der Waals surface area contributed by atoms with Gasteiger partial charge in [-0.1, -0.05) is 36.9 Å². The molecule has 4 rings (SSSR count).